The molecule has 1 aliphatic rings. The molecule has 2 rings (SSSR count). The second kappa shape index (κ2) is 5.03. The number of esters is 1. The number of pyridine rings is 1. The summed E-state index contributed by atoms with van der Waals surface area (Å²) >= 11 is 0. The summed E-state index contributed by atoms with van der Waals surface area (Å²) in [6.07, 6.45) is 3.42. The monoisotopic (exact) mass is 249 g/mol. The summed E-state index contributed by atoms with van der Waals surface area (Å²) in [4.78, 5) is 29.2. The number of hydrogen-bond acceptors (Lipinski definition) is 5. The average Bonchev–Trinajstić information content (AvgIpc) is 2.91. The third-order valence-corrected chi connectivity index (χ3v) is 2.96. The minimum Gasteiger partial charge on any atom is -0.465 e. The van der Waals surface area contributed by atoms with E-state index in [1.165, 1.54) is 19.4 Å². The van der Waals surface area contributed by atoms with Crippen molar-refractivity contribution in [3.05, 3.63) is 23.4 Å². The van der Waals surface area contributed by atoms with E-state index in [1.807, 2.05) is 0 Å². The highest BCUT2D eigenvalue weighted by Crippen LogP contribution is 2.16. The van der Waals surface area contributed by atoms with Crippen LogP contribution in [0.25, 0.3) is 0 Å². The van der Waals surface area contributed by atoms with E-state index in [-0.39, 0.29) is 17.3 Å². The topological polar surface area (TPSA) is 85.5 Å². The van der Waals surface area contributed by atoms with Crippen molar-refractivity contribution in [1.29, 1.82) is 0 Å². The molecule has 2 heterocycles. The molecule has 2 N–H and O–H groups in total. The molecule has 1 aromatic rings. The molecule has 6 heteroatoms. The van der Waals surface area contributed by atoms with Gasteiger partial charge >= 0.3 is 5.97 Å². The lowest BCUT2D eigenvalue weighted by Crippen LogP contribution is -2.28. The highest BCUT2D eigenvalue weighted by molar-refractivity contribution is 5.99. The van der Waals surface area contributed by atoms with Gasteiger partial charge in [-0.25, -0.2) is 9.78 Å². The fourth-order valence-corrected chi connectivity index (χ4v) is 1.97. The van der Waals surface area contributed by atoms with Crippen molar-refractivity contribution in [2.45, 2.75) is 12.8 Å². The lowest BCUT2D eigenvalue weighted by atomic mass is 10.1. The molecular weight excluding hydrogens is 234 g/mol. The van der Waals surface area contributed by atoms with Crippen LogP contribution < -0.4 is 5.73 Å². The van der Waals surface area contributed by atoms with Crippen LogP contribution in [0.5, 0.6) is 0 Å². The van der Waals surface area contributed by atoms with Crippen molar-refractivity contribution in [2.75, 3.05) is 25.9 Å². The molecular formula is C12H15N3O3. The first-order valence-corrected chi connectivity index (χ1v) is 5.76. The van der Waals surface area contributed by atoms with Crippen molar-refractivity contribution in [1.82, 2.24) is 9.88 Å². The molecule has 0 unspecified atom stereocenters. The Morgan fingerprint density at radius 3 is 2.67 bits per heavy atom. The second-order valence-corrected chi connectivity index (χ2v) is 4.15. The van der Waals surface area contributed by atoms with Crippen molar-refractivity contribution < 1.29 is 14.3 Å². The van der Waals surface area contributed by atoms with Crippen molar-refractivity contribution in [2.24, 2.45) is 0 Å². The lowest BCUT2D eigenvalue weighted by Gasteiger charge is -2.15. The number of nitrogens with two attached hydrogens (primary N) is 1. The highest BCUT2D eigenvalue weighted by atomic mass is 16.5. The summed E-state index contributed by atoms with van der Waals surface area (Å²) in [7, 11) is 1.26. The molecule has 0 bridgehead atoms. The second-order valence-electron chi connectivity index (χ2n) is 4.15. The van der Waals surface area contributed by atoms with Crippen LogP contribution in [0.4, 0.5) is 5.82 Å². The number of nitrogens with zero attached hydrogens (tertiary/aromatic N) is 2. The first kappa shape index (κ1) is 12.3. The van der Waals surface area contributed by atoms with E-state index in [0.717, 1.165) is 25.9 Å². The Kier molecular flexibility index (Phi) is 3.45. The molecule has 18 heavy (non-hydrogen) atoms. The first-order chi connectivity index (χ1) is 8.63. The minimum absolute atomic E-state index is 0.0693. The van der Waals surface area contributed by atoms with Crippen LogP contribution in [0.2, 0.25) is 0 Å². The third-order valence-electron chi connectivity index (χ3n) is 2.96. The van der Waals surface area contributed by atoms with Crippen LogP contribution in [-0.2, 0) is 4.74 Å². The number of likely N-dealkylation sites (tertiary alicyclic amines) is 1. The molecule has 1 fully saturated rings. The van der Waals surface area contributed by atoms with Crippen LogP contribution in [0.3, 0.4) is 0 Å². The van der Waals surface area contributed by atoms with Gasteiger partial charge in [0.2, 0.25) is 0 Å². The van der Waals surface area contributed by atoms with Gasteiger partial charge < -0.3 is 15.4 Å². The first-order valence-electron chi connectivity index (χ1n) is 5.76. The number of carbonyl (C=O) groups excluding carboxylic acids is 2. The van der Waals surface area contributed by atoms with Crippen LogP contribution in [0, 0.1) is 0 Å². The smallest absolute Gasteiger partial charge is 0.341 e. The zero-order valence-electron chi connectivity index (χ0n) is 10.2. The molecule has 6 nitrogen and oxygen atoms in total. The molecule has 1 aliphatic heterocycles. The van der Waals surface area contributed by atoms with Crippen LogP contribution in [0.1, 0.15) is 33.6 Å². The van der Waals surface area contributed by atoms with E-state index >= 15 is 0 Å². The quantitative estimate of drug-likeness (QED) is 0.779. The van der Waals surface area contributed by atoms with Crippen LogP contribution in [0.15, 0.2) is 12.3 Å². The lowest BCUT2D eigenvalue weighted by molar-refractivity contribution is 0.0601. The van der Waals surface area contributed by atoms with Gasteiger partial charge in [0.05, 0.1) is 12.7 Å². The van der Waals surface area contributed by atoms with Crippen molar-refractivity contribution in [3.63, 3.8) is 0 Å². The van der Waals surface area contributed by atoms with Gasteiger partial charge in [-0.2, -0.15) is 0 Å². The number of amides is 1. The summed E-state index contributed by atoms with van der Waals surface area (Å²) in [6, 6.07) is 1.44. The van der Waals surface area contributed by atoms with E-state index in [0.29, 0.717) is 5.56 Å². The molecule has 0 aliphatic carbocycles. The summed E-state index contributed by atoms with van der Waals surface area (Å²) in [5, 5.41) is 0. The number of nitrogen functional groups attached to an aromatic ring is 1. The zero-order valence-corrected chi connectivity index (χ0v) is 10.2. The number of methoxy groups -OCH3 is 1. The summed E-state index contributed by atoms with van der Waals surface area (Å²) in [6.45, 7) is 1.49. The molecule has 0 atom stereocenters. The Morgan fingerprint density at radius 1 is 1.39 bits per heavy atom. The fourth-order valence-electron chi connectivity index (χ4n) is 1.97. The predicted molar refractivity (Wildman–Crippen MR) is 65.1 cm³/mol. The van der Waals surface area contributed by atoms with E-state index < -0.39 is 5.97 Å². The van der Waals surface area contributed by atoms with E-state index in [4.69, 9.17) is 5.73 Å². The number of ether oxygens (including phenoxy) is 1. The normalized spacial score (nSPS) is 14.6. The van der Waals surface area contributed by atoms with Crippen LogP contribution >= 0.6 is 0 Å². The van der Waals surface area contributed by atoms with Gasteiger partial charge in [-0.1, -0.05) is 0 Å². The number of anilines is 1. The molecule has 96 valence electrons. The summed E-state index contributed by atoms with van der Waals surface area (Å²) in [5.74, 6) is -0.638. The van der Waals surface area contributed by atoms with E-state index in [9.17, 15) is 9.59 Å². The molecule has 1 aromatic heterocycles. The third kappa shape index (κ3) is 2.27. The average molecular weight is 249 g/mol. The molecule has 0 saturated carbocycles. The van der Waals surface area contributed by atoms with Gasteiger partial charge in [0.25, 0.3) is 5.91 Å². The highest BCUT2D eigenvalue weighted by Gasteiger charge is 2.22. The zero-order chi connectivity index (χ0) is 13.1. The Labute approximate surface area is 105 Å². The molecule has 0 aromatic carbocycles. The van der Waals surface area contributed by atoms with Gasteiger partial charge in [0.15, 0.2) is 0 Å². The van der Waals surface area contributed by atoms with E-state index in [1.54, 1.807) is 4.90 Å². The fraction of sp³-hybridized carbons (Fsp3) is 0.417. The minimum atomic E-state index is -0.587. The Balaban J connectivity index is 2.28. The maximum Gasteiger partial charge on any atom is 0.341 e. The van der Waals surface area contributed by atoms with Gasteiger partial charge in [0, 0.05) is 19.3 Å². The predicted octanol–water partition coefficient (Wildman–Crippen LogP) is 0.686. The Hall–Kier alpha value is -2.11. The molecule has 1 amide bonds. The maximum atomic E-state index is 12.1. The van der Waals surface area contributed by atoms with Crippen LogP contribution in [-0.4, -0.2) is 42.0 Å². The van der Waals surface area contributed by atoms with Crippen molar-refractivity contribution in [3.8, 4) is 0 Å². The van der Waals surface area contributed by atoms with E-state index in [2.05, 4.69) is 9.72 Å². The summed E-state index contributed by atoms with van der Waals surface area (Å²) < 4.78 is 4.59. The maximum absolute atomic E-state index is 12.1. The SMILES string of the molecule is COC(=O)c1cc(C(=O)N2CCCC2)cnc1N. The Morgan fingerprint density at radius 2 is 2.06 bits per heavy atom. The molecule has 0 radical (unpaired) electrons. The number of rotatable bonds is 2. The van der Waals surface area contributed by atoms with Gasteiger partial charge in [0.1, 0.15) is 11.4 Å². The Bertz CT molecular complexity index is 481. The molecule has 1 saturated heterocycles. The largest absolute Gasteiger partial charge is 0.465 e. The molecule has 0 spiro atoms. The van der Waals surface area contributed by atoms with Gasteiger partial charge in [-0.15, -0.1) is 0 Å². The number of aromatic nitrogens is 1. The van der Waals surface area contributed by atoms with Gasteiger partial charge in [-0.05, 0) is 18.9 Å². The van der Waals surface area contributed by atoms with Gasteiger partial charge in [-0.3, -0.25) is 4.79 Å². The standard InChI is InChI=1S/C12H15N3O3/c1-18-12(17)9-6-8(7-14-10(9)13)11(16)15-4-2-3-5-15/h6-7H,2-5H2,1H3,(H2,13,14). The number of hydrogen-bond donors (Lipinski definition) is 1. The van der Waals surface area contributed by atoms with Crippen molar-refractivity contribution >= 4 is 17.7 Å². The summed E-state index contributed by atoms with van der Waals surface area (Å²) in [5.41, 5.74) is 6.08. The number of carbonyl (C=O) groups is 2.